The summed E-state index contributed by atoms with van der Waals surface area (Å²) < 4.78 is 23.2. The Labute approximate surface area is 388 Å². The molecular weight excluding hydrogens is 892 g/mol. The van der Waals surface area contributed by atoms with Crippen molar-refractivity contribution >= 4 is 76.1 Å². The van der Waals surface area contributed by atoms with Gasteiger partial charge in [0.2, 0.25) is 5.91 Å². The van der Waals surface area contributed by atoms with Crippen LogP contribution < -0.4 is 24.6 Å². The lowest BCUT2D eigenvalue weighted by molar-refractivity contribution is -0.131. The van der Waals surface area contributed by atoms with Gasteiger partial charge in [0.25, 0.3) is 5.91 Å². The molecule has 1 saturated heterocycles. The number of carbonyl (C=O) groups is 2. The Morgan fingerprint density at radius 2 is 1.37 bits per heavy atom. The molecule has 3 heterocycles. The Hall–Kier alpha value is -5.35. The van der Waals surface area contributed by atoms with Gasteiger partial charge in [-0.25, -0.2) is 9.97 Å². The first kappa shape index (κ1) is 47.6. The Bertz CT molecular complexity index is 2540. The molecule has 4 aromatic carbocycles. The number of aromatic amines is 2. The molecule has 0 bridgehead atoms. The van der Waals surface area contributed by atoms with Crippen LogP contribution in [0, 0.1) is 0 Å². The van der Waals surface area contributed by atoms with E-state index in [0.717, 1.165) is 76.7 Å². The van der Waals surface area contributed by atoms with Crippen molar-refractivity contribution in [2.45, 2.75) is 19.3 Å². The largest absolute Gasteiger partial charge is 0.494 e. The van der Waals surface area contributed by atoms with Gasteiger partial charge in [0.1, 0.15) is 23.1 Å². The molecule has 1 aliphatic rings. The van der Waals surface area contributed by atoms with Crippen molar-refractivity contribution < 1.29 is 33.4 Å². The molecule has 2 amide bonds. The van der Waals surface area contributed by atoms with E-state index < -0.39 is 13.8 Å². The number of ether oxygens (including phenoxy) is 2. The lowest BCUT2D eigenvalue weighted by atomic mass is 10.2. The van der Waals surface area contributed by atoms with Crippen LogP contribution in [0.4, 0.5) is 11.4 Å². The fraction of sp³-hybridized carbons (Fsp3) is 0.391. The number of H-pyrrole nitrogens is 2. The van der Waals surface area contributed by atoms with Gasteiger partial charge in [-0.1, -0.05) is 0 Å². The van der Waals surface area contributed by atoms with Gasteiger partial charge in [-0.3, -0.25) is 14.2 Å². The first-order chi connectivity index (χ1) is 31.4. The van der Waals surface area contributed by atoms with Gasteiger partial charge >= 0.3 is 7.60 Å². The van der Waals surface area contributed by atoms with Crippen LogP contribution in [0.25, 0.3) is 44.8 Å². The number of amides is 2. The molecule has 7 rings (SSSR count). The first-order valence-electron chi connectivity index (χ1n) is 21.8. The summed E-state index contributed by atoms with van der Waals surface area (Å²) in [4.78, 5) is 69.3. The van der Waals surface area contributed by atoms with E-state index in [4.69, 9.17) is 42.6 Å². The van der Waals surface area contributed by atoms with E-state index >= 15 is 0 Å². The summed E-state index contributed by atoms with van der Waals surface area (Å²) in [5, 5.41) is 2.80. The number of hydrogen-bond donors (Lipinski definition) is 5. The third kappa shape index (κ3) is 13.6. The van der Waals surface area contributed by atoms with Gasteiger partial charge in [-0.2, -0.15) is 0 Å². The summed E-state index contributed by atoms with van der Waals surface area (Å²) in [5.74, 6) is 2.94. The Morgan fingerprint density at radius 1 is 0.769 bits per heavy atom. The van der Waals surface area contributed by atoms with Crippen LogP contribution in [0.1, 0.15) is 19.3 Å². The van der Waals surface area contributed by atoms with Crippen molar-refractivity contribution in [1.29, 1.82) is 0 Å². The number of rotatable bonds is 23. The Balaban J connectivity index is 0.870. The van der Waals surface area contributed by atoms with E-state index in [1.54, 1.807) is 17.0 Å². The van der Waals surface area contributed by atoms with Crippen molar-refractivity contribution in [3.63, 3.8) is 0 Å². The lowest BCUT2D eigenvalue weighted by Crippen LogP contribution is -2.44. The maximum absolute atomic E-state index is 13.0. The summed E-state index contributed by atoms with van der Waals surface area (Å²) >= 11 is 11.8. The average Bonchev–Trinajstić information content (AvgIpc) is 3.94. The SMILES string of the molecule is CN1CCN(c2ccc3[nH]c(-c4ccc5[nH]c(-c6ccc(OCCCN(CCCNC(=O)COc7ccc(N(CCCl)CCCl)cc7)C(=O)CCP(=O)(O)O)cc6)nc5c4)nc3c2)CC1. The third-order valence-electron chi connectivity index (χ3n) is 11.2. The van der Waals surface area contributed by atoms with Gasteiger partial charge in [-0.15, -0.1) is 23.2 Å². The molecule has 0 spiro atoms. The fourth-order valence-corrected chi connectivity index (χ4v) is 8.51. The summed E-state index contributed by atoms with van der Waals surface area (Å²) in [5.41, 5.74) is 7.61. The van der Waals surface area contributed by atoms with E-state index in [9.17, 15) is 23.9 Å². The van der Waals surface area contributed by atoms with E-state index in [2.05, 4.69) is 55.2 Å². The van der Waals surface area contributed by atoms with Crippen LogP contribution in [0.3, 0.4) is 0 Å². The van der Waals surface area contributed by atoms with Gasteiger partial charge in [-0.05, 0) is 105 Å². The number of fused-ring (bicyclic) bond motifs is 2. The van der Waals surface area contributed by atoms with Crippen molar-refractivity contribution in [2.24, 2.45) is 0 Å². The molecule has 2 aromatic heterocycles. The number of alkyl halides is 2. The number of likely N-dealkylation sites (N-methyl/N-ethyl adjacent to an activating group) is 1. The number of nitrogens with zero attached hydrogens (tertiary/aromatic N) is 6. The standard InChI is InChI=1S/C46H56Cl2N9O7P/c1-54-24-26-56(27-25-54)36-9-15-40-42(31-36)53-46(51-40)34-6-14-39-41(30-34)52-45(50-39)33-4-10-37(11-5-33)63-28-3-21-57(44(59)16-29-65(60,61)62)20-2-19-49-43(58)32-64-38-12-7-35(8-13-38)55(22-17-47)23-18-48/h4-15,30-31H,2-3,16-29,32H2,1H3,(H,49,58)(H,50,52)(H,51,53)(H2,60,61,62). The fourth-order valence-electron chi connectivity index (χ4n) is 7.62. The minimum atomic E-state index is -4.35. The second-order valence-electron chi connectivity index (χ2n) is 16.0. The summed E-state index contributed by atoms with van der Waals surface area (Å²) in [6.45, 7) is 6.40. The second-order valence-corrected chi connectivity index (χ2v) is 18.5. The molecule has 0 atom stereocenters. The van der Waals surface area contributed by atoms with Gasteiger partial charge in [0, 0.05) is 99.6 Å². The number of anilines is 2. The molecule has 19 heteroatoms. The van der Waals surface area contributed by atoms with E-state index in [-0.39, 0.29) is 37.9 Å². The molecule has 16 nitrogen and oxygen atoms in total. The second kappa shape index (κ2) is 22.7. The first-order valence-corrected chi connectivity index (χ1v) is 24.7. The molecule has 0 radical (unpaired) electrons. The minimum Gasteiger partial charge on any atom is -0.494 e. The summed E-state index contributed by atoms with van der Waals surface area (Å²) in [7, 11) is -2.20. The maximum Gasteiger partial charge on any atom is 0.326 e. The quantitative estimate of drug-likeness (QED) is 0.0265. The Kier molecular flexibility index (Phi) is 16.6. The number of nitrogens with one attached hydrogen (secondary N) is 3. The molecular formula is C46H56Cl2N9O7P. The minimum absolute atomic E-state index is 0.183. The molecule has 1 aliphatic heterocycles. The number of benzene rings is 4. The lowest BCUT2D eigenvalue weighted by Gasteiger charge is -2.34. The highest BCUT2D eigenvalue weighted by molar-refractivity contribution is 7.51. The number of hydrogen-bond acceptors (Lipinski definition) is 10. The van der Waals surface area contributed by atoms with E-state index in [0.29, 0.717) is 62.3 Å². The van der Waals surface area contributed by atoms with E-state index in [1.807, 2.05) is 54.6 Å². The molecule has 0 unspecified atom stereocenters. The molecule has 65 heavy (non-hydrogen) atoms. The highest BCUT2D eigenvalue weighted by Gasteiger charge is 2.20. The average molecular weight is 949 g/mol. The molecule has 1 fully saturated rings. The van der Waals surface area contributed by atoms with Crippen LogP contribution in [0.15, 0.2) is 84.9 Å². The molecule has 5 N–H and O–H groups in total. The predicted octanol–water partition coefficient (Wildman–Crippen LogP) is 6.56. The number of carbonyl (C=O) groups excluding carboxylic acids is 2. The number of aromatic nitrogens is 4. The Morgan fingerprint density at radius 3 is 2.05 bits per heavy atom. The monoisotopic (exact) mass is 947 g/mol. The van der Waals surface area contributed by atoms with Crippen LogP contribution >= 0.6 is 30.8 Å². The highest BCUT2D eigenvalue weighted by atomic mass is 35.5. The molecule has 346 valence electrons. The van der Waals surface area contributed by atoms with Crippen LogP contribution in [-0.4, -0.2) is 148 Å². The summed E-state index contributed by atoms with van der Waals surface area (Å²) in [6, 6.07) is 27.4. The van der Waals surface area contributed by atoms with Gasteiger partial charge in [0.05, 0.1) is 34.8 Å². The number of piperazine rings is 1. The van der Waals surface area contributed by atoms with Crippen molar-refractivity contribution in [2.75, 3.05) is 107 Å². The van der Waals surface area contributed by atoms with Crippen LogP contribution in [-0.2, 0) is 14.2 Å². The molecule has 6 aromatic rings. The maximum atomic E-state index is 13.0. The molecule has 0 aliphatic carbocycles. The van der Waals surface area contributed by atoms with Gasteiger partial charge in [0.15, 0.2) is 6.61 Å². The smallest absolute Gasteiger partial charge is 0.326 e. The zero-order valence-corrected chi connectivity index (χ0v) is 38.8. The van der Waals surface area contributed by atoms with Crippen LogP contribution in [0.5, 0.6) is 11.5 Å². The molecule has 0 saturated carbocycles. The third-order valence-corrected chi connectivity index (χ3v) is 12.4. The zero-order chi connectivity index (χ0) is 45.8. The van der Waals surface area contributed by atoms with Crippen molar-refractivity contribution in [3.8, 4) is 34.3 Å². The van der Waals surface area contributed by atoms with Crippen LogP contribution in [0.2, 0.25) is 0 Å². The zero-order valence-electron chi connectivity index (χ0n) is 36.4. The highest BCUT2D eigenvalue weighted by Crippen LogP contribution is 2.35. The number of halogens is 2. The normalized spacial score (nSPS) is 13.3. The van der Waals surface area contributed by atoms with Crippen molar-refractivity contribution in [1.82, 2.24) is 35.1 Å². The summed E-state index contributed by atoms with van der Waals surface area (Å²) in [6.07, 6.45) is 0.0843. The van der Waals surface area contributed by atoms with E-state index in [1.165, 1.54) is 5.69 Å². The topological polar surface area (TPSA) is 192 Å². The van der Waals surface area contributed by atoms with Crippen molar-refractivity contribution in [3.05, 3.63) is 84.9 Å². The van der Waals surface area contributed by atoms with Gasteiger partial charge < -0.3 is 54.1 Å². The number of imidazole rings is 2. The predicted molar refractivity (Wildman–Crippen MR) is 258 cm³/mol.